The molecule has 1 atom stereocenters. The Morgan fingerprint density at radius 3 is 2.68 bits per heavy atom. The van der Waals surface area contributed by atoms with Gasteiger partial charge in [0.15, 0.2) is 0 Å². The van der Waals surface area contributed by atoms with Gasteiger partial charge in [-0.2, -0.15) is 9.57 Å². The maximum atomic E-state index is 13.5. The van der Waals surface area contributed by atoms with Crippen LogP contribution < -0.4 is 0 Å². The van der Waals surface area contributed by atoms with Gasteiger partial charge in [-0.3, -0.25) is 0 Å². The molecule has 1 unspecified atom stereocenters. The van der Waals surface area contributed by atoms with Crippen molar-refractivity contribution in [3.63, 3.8) is 0 Å². The van der Waals surface area contributed by atoms with E-state index < -0.39 is 27.6 Å². The van der Waals surface area contributed by atoms with Crippen LogP contribution in [0.5, 0.6) is 0 Å². The number of nitrogens with zero attached hydrogens (tertiary/aromatic N) is 2. The van der Waals surface area contributed by atoms with Gasteiger partial charge in [-0.05, 0) is 25.1 Å². The normalized spacial score (nSPS) is 13.3. The van der Waals surface area contributed by atoms with Crippen molar-refractivity contribution >= 4 is 10.0 Å². The van der Waals surface area contributed by atoms with E-state index in [2.05, 4.69) is 0 Å². The number of nitriles is 1. The summed E-state index contributed by atoms with van der Waals surface area (Å²) in [5.74, 6) is -1.22. The highest BCUT2D eigenvalue weighted by molar-refractivity contribution is 7.88. The summed E-state index contributed by atoms with van der Waals surface area (Å²) in [6.07, 6.45) is 0. The molecular formula is C12H15FN2O3S. The quantitative estimate of drug-likeness (QED) is 0.869. The topological polar surface area (TPSA) is 81.4 Å². The second kappa shape index (κ2) is 6.10. The number of halogens is 1. The van der Waals surface area contributed by atoms with Gasteiger partial charge >= 0.3 is 0 Å². The second-order valence-corrected chi connectivity index (χ2v) is 6.25. The van der Waals surface area contributed by atoms with Gasteiger partial charge in [0.1, 0.15) is 5.82 Å². The van der Waals surface area contributed by atoms with Crippen molar-refractivity contribution in [3.8, 4) is 6.07 Å². The molecule has 5 nitrogen and oxygen atoms in total. The lowest BCUT2D eigenvalue weighted by atomic mass is 10.1. The van der Waals surface area contributed by atoms with Crippen LogP contribution in [0.4, 0.5) is 4.39 Å². The van der Waals surface area contributed by atoms with E-state index in [1.807, 2.05) is 6.07 Å². The Hall–Kier alpha value is -1.49. The Bertz CT molecular complexity index is 595. The fraction of sp³-hybridized carbons (Fsp3) is 0.417. The van der Waals surface area contributed by atoms with Crippen molar-refractivity contribution in [3.05, 3.63) is 35.1 Å². The van der Waals surface area contributed by atoms with E-state index in [1.165, 1.54) is 19.2 Å². The van der Waals surface area contributed by atoms with Crippen molar-refractivity contribution in [2.75, 3.05) is 13.7 Å². The molecule has 0 spiro atoms. The molecule has 1 N–H and O–H groups in total. The predicted octanol–water partition coefficient (Wildman–Crippen LogP) is 0.840. The zero-order valence-electron chi connectivity index (χ0n) is 10.7. The molecule has 7 heteroatoms. The van der Waals surface area contributed by atoms with Crippen molar-refractivity contribution in [1.29, 1.82) is 5.26 Å². The summed E-state index contributed by atoms with van der Waals surface area (Å²) in [6, 6.07) is 4.80. The standard InChI is InChI=1S/C12H15FN2O3S/c1-9(7-16)15(2)19(17,18)8-11-5-10(6-14)3-4-12(11)13/h3-5,9,16H,7-8H2,1-2H3. The lowest BCUT2D eigenvalue weighted by Crippen LogP contribution is -2.38. The Kier molecular flexibility index (Phi) is 5.00. The number of hydrogen-bond acceptors (Lipinski definition) is 4. The van der Waals surface area contributed by atoms with Gasteiger partial charge in [0, 0.05) is 18.7 Å². The average molecular weight is 286 g/mol. The van der Waals surface area contributed by atoms with Gasteiger partial charge in [0.05, 0.1) is 24.0 Å². The summed E-state index contributed by atoms with van der Waals surface area (Å²) in [5.41, 5.74) is 0.139. The number of aliphatic hydroxyl groups excluding tert-OH is 1. The molecule has 0 amide bonds. The third kappa shape index (κ3) is 3.73. The van der Waals surface area contributed by atoms with Crippen LogP contribution in [0.1, 0.15) is 18.1 Å². The Morgan fingerprint density at radius 2 is 2.16 bits per heavy atom. The first-order chi connectivity index (χ1) is 8.81. The molecule has 19 heavy (non-hydrogen) atoms. The molecule has 0 aliphatic carbocycles. The van der Waals surface area contributed by atoms with Crippen molar-refractivity contribution in [1.82, 2.24) is 4.31 Å². The Morgan fingerprint density at radius 1 is 1.53 bits per heavy atom. The van der Waals surface area contributed by atoms with Gasteiger partial charge < -0.3 is 5.11 Å². The molecule has 0 fully saturated rings. The third-order valence-corrected chi connectivity index (χ3v) is 4.75. The molecule has 0 saturated heterocycles. The molecule has 1 aromatic carbocycles. The maximum Gasteiger partial charge on any atom is 0.218 e. The number of rotatable bonds is 5. The Balaban J connectivity index is 3.05. The molecule has 104 valence electrons. The lowest BCUT2D eigenvalue weighted by molar-refractivity contribution is 0.213. The Labute approximate surface area is 111 Å². The van der Waals surface area contributed by atoms with Crippen LogP contribution in [0, 0.1) is 17.1 Å². The van der Waals surface area contributed by atoms with Gasteiger partial charge in [-0.25, -0.2) is 12.8 Å². The smallest absolute Gasteiger partial charge is 0.218 e. The second-order valence-electron chi connectivity index (χ2n) is 4.22. The van der Waals surface area contributed by atoms with Crippen molar-refractivity contribution in [2.45, 2.75) is 18.7 Å². The highest BCUT2D eigenvalue weighted by Crippen LogP contribution is 2.16. The predicted molar refractivity (Wildman–Crippen MR) is 68.0 cm³/mol. The molecule has 0 saturated carbocycles. The van der Waals surface area contributed by atoms with Crippen LogP contribution in [-0.4, -0.2) is 37.5 Å². The van der Waals surface area contributed by atoms with E-state index in [1.54, 1.807) is 6.92 Å². The zero-order chi connectivity index (χ0) is 14.6. The molecule has 0 aromatic heterocycles. The molecule has 0 bridgehead atoms. The molecular weight excluding hydrogens is 271 g/mol. The number of sulfonamides is 1. The molecule has 1 aromatic rings. The van der Waals surface area contributed by atoms with Gasteiger partial charge in [0.25, 0.3) is 0 Å². The van der Waals surface area contributed by atoms with Gasteiger partial charge in [-0.15, -0.1) is 0 Å². The minimum atomic E-state index is -3.75. The number of aliphatic hydroxyl groups is 1. The van der Waals surface area contributed by atoms with E-state index in [4.69, 9.17) is 10.4 Å². The lowest BCUT2D eigenvalue weighted by Gasteiger charge is -2.22. The summed E-state index contributed by atoms with van der Waals surface area (Å²) in [7, 11) is -2.43. The maximum absolute atomic E-state index is 13.5. The van der Waals surface area contributed by atoms with Crippen LogP contribution in [0.25, 0.3) is 0 Å². The minimum absolute atomic E-state index is 0.0592. The van der Waals surface area contributed by atoms with Crippen LogP contribution in [0.2, 0.25) is 0 Å². The summed E-state index contributed by atoms with van der Waals surface area (Å²) >= 11 is 0. The van der Waals surface area contributed by atoms with Crippen LogP contribution in [0.15, 0.2) is 18.2 Å². The first kappa shape index (κ1) is 15.6. The molecule has 0 aliphatic rings. The van der Waals surface area contributed by atoms with E-state index >= 15 is 0 Å². The summed E-state index contributed by atoms with van der Waals surface area (Å²) in [4.78, 5) is 0. The molecule has 0 radical (unpaired) electrons. The minimum Gasteiger partial charge on any atom is -0.395 e. The number of benzene rings is 1. The first-order valence-electron chi connectivity index (χ1n) is 5.57. The fourth-order valence-electron chi connectivity index (χ4n) is 1.44. The fourth-order valence-corrected chi connectivity index (χ4v) is 2.88. The van der Waals surface area contributed by atoms with Crippen LogP contribution >= 0.6 is 0 Å². The van der Waals surface area contributed by atoms with Gasteiger partial charge in [-0.1, -0.05) is 0 Å². The average Bonchev–Trinajstić information content (AvgIpc) is 2.39. The monoisotopic (exact) mass is 286 g/mol. The molecule has 0 aliphatic heterocycles. The van der Waals surface area contributed by atoms with Crippen molar-refractivity contribution < 1.29 is 17.9 Å². The summed E-state index contributed by atoms with van der Waals surface area (Å²) < 4.78 is 38.6. The molecule has 0 heterocycles. The highest BCUT2D eigenvalue weighted by Gasteiger charge is 2.24. The van der Waals surface area contributed by atoms with Crippen LogP contribution in [0.3, 0.4) is 0 Å². The first-order valence-corrected chi connectivity index (χ1v) is 7.18. The number of hydrogen-bond donors (Lipinski definition) is 1. The number of likely N-dealkylation sites (N-methyl/N-ethyl adjacent to an activating group) is 1. The molecule has 1 rings (SSSR count). The zero-order valence-corrected chi connectivity index (χ0v) is 11.5. The van der Waals surface area contributed by atoms with Crippen molar-refractivity contribution in [2.24, 2.45) is 0 Å². The third-order valence-electron chi connectivity index (χ3n) is 2.84. The van der Waals surface area contributed by atoms with Gasteiger partial charge in [0.2, 0.25) is 10.0 Å². The van der Waals surface area contributed by atoms with E-state index in [0.29, 0.717) is 0 Å². The highest BCUT2D eigenvalue weighted by atomic mass is 32.2. The van der Waals surface area contributed by atoms with Crippen LogP contribution in [-0.2, 0) is 15.8 Å². The van der Waals surface area contributed by atoms with E-state index in [-0.39, 0.29) is 17.7 Å². The largest absolute Gasteiger partial charge is 0.395 e. The van der Waals surface area contributed by atoms with E-state index in [0.717, 1.165) is 10.4 Å². The summed E-state index contributed by atoms with van der Waals surface area (Å²) in [5, 5.41) is 17.7. The SMILES string of the molecule is CC(CO)N(C)S(=O)(=O)Cc1cc(C#N)ccc1F. The summed E-state index contributed by atoms with van der Waals surface area (Å²) in [6.45, 7) is 1.22. The van der Waals surface area contributed by atoms with E-state index in [9.17, 15) is 12.8 Å².